The maximum atomic E-state index is 12.2. The second kappa shape index (κ2) is 5.17. The highest BCUT2D eigenvalue weighted by Crippen LogP contribution is 2.52. The quantitative estimate of drug-likeness (QED) is 0.805. The topological polar surface area (TPSA) is 49.6 Å². The van der Waals surface area contributed by atoms with E-state index in [0.717, 1.165) is 45.7 Å². The van der Waals surface area contributed by atoms with Crippen LogP contribution >= 0.6 is 0 Å². The van der Waals surface area contributed by atoms with Crippen molar-refractivity contribution in [3.8, 4) is 0 Å². The summed E-state index contributed by atoms with van der Waals surface area (Å²) in [4.78, 5) is 16.7. The van der Waals surface area contributed by atoms with E-state index in [9.17, 15) is 4.79 Å². The second-order valence-corrected chi connectivity index (χ2v) is 6.71. The van der Waals surface area contributed by atoms with Crippen LogP contribution in [0.15, 0.2) is 0 Å². The maximum absolute atomic E-state index is 12.2. The van der Waals surface area contributed by atoms with Crippen LogP contribution in [0.25, 0.3) is 0 Å². The normalized spacial score (nSPS) is 29.1. The Hall–Kier alpha value is -0.610. The van der Waals surface area contributed by atoms with Gasteiger partial charge < -0.3 is 10.6 Å². The molecule has 0 bridgehead atoms. The van der Waals surface area contributed by atoms with Gasteiger partial charge in [0.05, 0.1) is 0 Å². The minimum absolute atomic E-state index is 0.252. The molecule has 104 valence electrons. The Bertz CT molecular complexity index is 308. The number of rotatable bonds is 4. The highest BCUT2D eigenvalue weighted by molar-refractivity contribution is 5.82. The van der Waals surface area contributed by atoms with Crippen LogP contribution < -0.4 is 5.73 Å². The summed E-state index contributed by atoms with van der Waals surface area (Å²) in [5.41, 5.74) is 5.90. The Balaban J connectivity index is 1.75. The monoisotopic (exact) mass is 253 g/mol. The number of carbonyl (C=O) groups excluding carboxylic acids is 1. The lowest BCUT2D eigenvalue weighted by atomic mass is 10.1. The van der Waals surface area contributed by atoms with Gasteiger partial charge in [-0.2, -0.15) is 0 Å². The lowest BCUT2D eigenvalue weighted by Gasteiger charge is -2.36. The molecule has 2 fully saturated rings. The molecule has 2 rings (SSSR count). The summed E-state index contributed by atoms with van der Waals surface area (Å²) in [6.45, 7) is 12.2. The Labute approximate surface area is 110 Å². The fourth-order valence-corrected chi connectivity index (χ4v) is 2.78. The molecular formula is C14H27N3O. The molecule has 2 atom stereocenters. The van der Waals surface area contributed by atoms with Gasteiger partial charge in [0.15, 0.2) is 0 Å². The van der Waals surface area contributed by atoms with E-state index >= 15 is 0 Å². The third-order valence-electron chi connectivity index (χ3n) is 4.47. The molecule has 0 aromatic heterocycles. The molecule has 1 saturated carbocycles. The van der Waals surface area contributed by atoms with Crippen molar-refractivity contribution in [2.24, 2.45) is 23.0 Å². The molecule has 4 nitrogen and oxygen atoms in total. The maximum Gasteiger partial charge on any atom is 0.226 e. The molecular weight excluding hydrogens is 226 g/mol. The van der Waals surface area contributed by atoms with Crippen LogP contribution in [-0.4, -0.2) is 55.0 Å². The first-order chi connectivity index (χ1) is 8.44. The zero-order valence-electron chi connectivity index (χ0n) is 12.0. The Kier molecular flexibility index (Phi) is 3.97. The van der Waals surface area contributed by atoms with Gasteiger partial charge in [0.2, 0.25) is 5.91 Å². The van der Waals surface area contributed by atoms with Gasteiger partial charge in [0.1, 0.15) is 0 Å². The van der Waals surface area contributed by atoms with Gasteiger partial charge in [-0.1, -0.05) is 20.8 Å². The standard InChI is InChI=1S/C14H27N3O/c1-11(9-15)10-16-4-6-17(7-5-16)13(18)12-8-14(12,2)3/h11-12H,4-10,15H2,1-3H3. The molecule has 1 saturated heterocycles. The minimum Gasteiger partial charge on any atom is -0.340 e. The van der Waals surface area contributed by atoms with Gasteiger partial charge >= 0.3 is 0 Å². The molecule has 1 aliphatic carbocycles. The summed E-state index contributed by atoms with van der Waals surface area (Å²) in [5, 5.41) is 0. The Morgan fingerprint density at radius 3 is 2.33 bits per heavy atom. The van der Waals surface area contributed by atoms with Crippen molar-refractivity contribution in [1.29, 1.82) is 0 Å². The van der Waals surface area contributed by atoms with Crippen molar-refractivity contribution in [3.63, 3.8) is 0 Å². The zero-order valence-corrected chi connectivity index (χ0v) is 12.0. The molecule has 18 heavy (non-hydrogen) atoms. The van der Waals surface area contributed by atoms with Crippen molar-refractivity contribution in [1.82, 2.24) is 9.80 Å². The molecule has 0 radical (unpaired) electrons. The number of nitrogens with two attached hydrogens (primary N) is 1. The zero-order chi connectivity index (χ0) is 13.3. The number of hydrogen-bond acceptors (Lipinski definition) is 3. The largest absolute Gasteiger partial charge is 0.340 e. The molecule has 2 aliphatic rings. The molecule has 0 spiro atoms. The van der Waals surface area contributed by atoms with E-state index < -0.39 is 0 Å². The second-order valence-electron chi connectivity index (χ2n) is 6.71. The van der Waals surface area contributed by atoms with E-state index in [0.29, 0.717) is 11.8 Å². The first-order valence-corrected chi connectivity index (χ1v) is 7.15. The predicted molar refractivity (Wildman–Crippen MR) is 73.1 cm³/mol. The van der Waals surface area contributed by atoms with E-state index in [2.05, 4.69) is 30.6 Å². The number of amides is 1. The van der Waals surface area contributed by atoms with Gasteiger partial charge in [-0.25, -0.2) is 0 Å². The summed E-state index contributed by atoms with van der Waals surface area (Å²) in [5.74, 6) is 1.22. The number of hydrogen-bond donors (Lipinski definition) is 1. The van der Waals surface area contributed by atoms with Crippen molar-refractivity contribution in [2.75, 3.05) is 39.3 Å². The minimum atomic E-state index is 0.252. The molecule has 0 aromatic carbocycles. The Morgan fingerprint density at radius 1 is 1.33 bits per heavy atom. The Morgan fingerprint density at radius 2 is 1.89 bits per heavy atom. The third-order valence-corrected chi connectivity index (χ3v) is 4.47. The summed E-state index contributed by atoms with van der Waals surface area (Å²) >= 11 is 0. The molecule has 2 N–H and O–H groups in total. The fraction of sp³-hybridized carbons (Fsp3) is 0.929. The van der Waals surface area contributed by atoms with Crippen LogP contribution in [0.5, 0.6) is 0 Å². The third kappa shape index (κ3) is 3.04. The van der Waals surface area contributed by atoms with Crippen LogP contribution in [0.2, 0.25) is 0 Å². The first-order valence-electron chi connectivity index (χ1n) is 7.15. The average Bonchev–Trinajstić information content (AvgIpc) is 2.98. The van der Waals surface area contributed by atoms with Gasteiger partial charge in [0.25, 0.3) is 0 Å². The summed E-state index contributed by atoms with van der Waals surface area (Å²) < 4.78 is 0. The molecule has 1 aliphatic heterocycles. The molecule has 0 aromatic rings. The van der Waals surface area contributed by atoms with Crippen LogP contribution in [0, 0.1) is 17.3 Å². The van der Waals surface area contributed by atoms with Gasteiger partial charge in [0, 0.05) is 38.6 Å². The van der Waals surface area contributed by atoms with Crippen molar-refractivity contribution >= 4 is 5.91 Å². The van der Waals surface area contributed by atoms with Crippen LogP contribution in [-0.2, 0) is 4.79 Å². The number of carbonyl (C=O) groups is 1. The summed E-state index contributed by atoms with van der Waals surface area (Å²) in [6, 6.07) is 0. The van der Waals surface area contributed by atoms with Crippen molar-refractivity contribution in [3.05, 3.63) is 0 Å². The lowest BCUT2D eigenvalue weighted by Crippen LogP contribution is -2.50. The van der Waals surface area contributed by atoms with Gasteiger partial charge in [-0.05, 0) is 24.3 Å². The highest BCUT2D eigenvalue weighted by Gasteiger charge is 2.52. The first kappa shape index (κ1) is 13.8. The molecule has 1 heterocycles. The van der Waals surface area contributed by atoms with Gasteiger partial charge in [-0.15, -0.1) is 0 Å². The van der Waals surface area contributed by atoms with Crippen LogP contribution in [0.4, 0.5) is 0 Å². The van der Waals surface area contributed by atoms with Gasteiger partial charge in [-0.3, -0.25) is 9.69 Å². The van der Waals surface area contributed by atoms with Crippen LogP contribution in [0.1, 0.15) is 27.2 Å². The van der Waals surface area contributed by atoms with Crippen molar-refractivity contribution in [2.45, 2.75) is 27.2 Å². The highest BCUT2D eigenvalue weighted by atomic mass is 16.2. The number of piperazine rings is 1. The fourth-order valence-electron chi connectivity index (χ4n) is 2.78. The average molecular weight is 253 g/mol. The predicted octanol–water partition coefficient (Wildman–Crippen LogP) is 0.772. The smallest absolute Gasteiger partial charge is 0.226 e. The van der Waals surface area contributed by atoms with E-state index in [-0.39, 0.29) is 11.3 Å². The summed E-state index contributed by atoms with van der Waals surface area (Å²) in [7, 11) is 0. The van der Waals surface area contributed by atoms with Crippen molar-refractivity contribution < 1.29 is 4.79 Å². The lowest BCUT2D eigenvalue weighted by molar-refractivity contribution is -0.135. The SMILES string of the molecule is CC(CN)CN1CCN(C(=O)C2CC2(C)C)CC1. The van der Waals surface area contributed by atoms with E-state index in [1.165, 1.54) is 0 Å². The molecule has 4 heteroatoms. The van der Waals surface area contributed by atoms with E-state index in [1.54, 1.807) is 0 Å². The van der Waals surface area contributed by atoms with Crippen LogP contribution in [0.3, 0.4) is 0 Å². The number of nitrogens with zero attached hydrogens (tertiary/aromatic N) is 2. The molecule has 2 unspecified atom stereocenters. The molecule has 1 amide bonds. The van der Waals surface area contributed by atoms with E-state index in [1.807, 2.05) is 0 Å². The summed E-state index contributed by atoms with van der Waals surface area (Å²) in [6.07, 6.45) is 1.07. The van der Waals surface area contributed by atoms with E-state index in [4.69, 9.17) is 5.73 Å².